The molecule has 0 radical (unpaired) electrons. The van der Waals surface area contributed by atoms with E-state index in [1.54, 1.807) is 0 Å². The zero-order chi connectivity index (χ0) is 13.9. The van der Waals surface area contributed by atoms with Gasteiger partial charge in [0.1, 0.15) is 0 Å². The number of allylic oxidation sites excluding steroid dienone is 1. The third kappa shape index (κ3) is 1.46. The van der Waals surface area contributed by atoms with Gasteiger partial charge in [0.15, 0.2) is 0 Å². The van der Waals surface area contributed by atoms with Crippen molar-refractivity contribution < 1.29 is 9.47 Å². The summed E-state index contributed by atoms with van der Waals surface area (Å²) in [5, 5.41) is 0. The summed E-state index contributed by atoms with van der Waals surface area (Å²) in [6, 6.07) is 0. The molecular formula is C18H18O2. The number of rotatable bonds is 0. The first-order valence-electron chi connectivity index (χ1n) is 7.09. The van der Waals surface area contributed by atoms with Crippen molar-refractivity contribution in [1.29, 1.82) is 0 Å². The van der Waals surface area contributed by atoms with Gasteiger partial charge < -0.3 is 9.47 Å². The highest BCUT2D eigenvalue weighted by atomic mass is 16.5. The fourth-order valence-corrected chi connectivity index (χ4v) is 3.84. The SMILES string of the molecule is C=C1CCc2c1c1c(c3c2C(=C)COC3)C(=C)COC1. The van der Waals surface area contributed by atoms with Gasteiger partial charge in [0, 0.05) is 0 Å². The van der Waals surface area contributed by atoms with Crippen LogP contribution in [0.5, 0.6) is 0 Å². The minimum absolute atomic E-state index is 0.608. The fourth-order valence-electron chi connectivity index (χ4n) is 3.84. The van der Waals surface area contributed by atoms with Crippen LogP contribution < -0.4 is 0 Å². The van der Waals surface area contributed by atoms with Crippen molar-refractivity contribution in [2.75, 3.05) is 13.2 Å². The maximum Gasteiger partial charge on any atom is 0.0733 e. The van der Waals surface area contributed by atoms with Gasteiger partial charge in [-0.3, -0.25) is 0 Å². The Kier molecular flexibility index (Phi) is 2.53. The molecule has 2 heterocycles. The van der Waals surface area contributed by atoms with E-state index in [9.17, 15) is 0 Å². The molecule has 1 aromatic rings. The molecule has 0 amide bonds. The van der Waals surface area contributed by atoms with Crippen LogP contribution >= 0.6 is 0 Å². The van der Waals surface area contributed by atoms with E-state index in [-0.39, 0.29) is 0 Å². The quantitative estimate of drug-likeness (QED) is 0.712. The third-order valence-electron chi connectivity index (χ3n) is 4.59. The van der Waals surface area contributed by atoms with Crippen molar-refractivity contribution in [2.24, 2.45) is 0 Å². The Balaban J connectivity index is 2.13. The van der Waals surface area contributed by atoms with Crippen molar-refractivity contribution >= 4 is 16.7 Å². The lowest BCUT2D eigenvalue weighted by atomic mass is 9.81. The summed E-state index contributed by atoms with van der Waals surface area (Å²) >= 11 is 0. The molecule has 0 aromatic heterocycles. The predicted molar refractivity (Wildman–Crippen MR) is 81.2 cm³/mol. The second-order valence-corrected chi connectivity index (χ2v) is 5.86. The van der Waals surface area contributed by atoms with Crippen LogP contribution in [0.15, 0.2) is 19.7 Å². The summed E-state index contributed by atoms with van der Waals surface area (Å²) in [6.45, 7) is 15.2. The highest BCUT2D eigenvalue weighted by Gasteiger charge is 2.32. The monoisotopic (exact) mass is 266 g/mol. The molecule has 2 aliphatic heterocycles. The molecule has 0 fully saturated rings. The van der Waals surface area contributed by atoms with Gasteiger partial charge in [-0.05, 0) is 62.9 Å². The van der Waals surface area contributed by atoms with Crippen molar-refractivity contribution in [3.8, 4) is 0 Å². The zero-order valence-corrected chi connectivity index (χ0v) is 11.7. The summed E-state index contributed by atoms with van der Waals surface area (Å²) in [6.07, 6.45) is 2.11. The Morgan fingerprint density at radius 3 is 1.65 bits per heavy atom. The van der Waals surface area contributed by atoms with Gasteiger partial charge in [-0.25, -0.2) is 0 Å². The first-order chi connectivity index (χ1) is 9.68. The molecular weight excluding hydrogens is 248 g/mol. The van der Waals surface area contributed by atoms with E-state index in [4.69, 9.17) is 9.47 Å². The van der Waals surface area contributed by atoms with E-state index in [1.165, 1.54) is 39.0 Å². The van der Waals surface area contributed by atoms with Gasteiger partial charge >= 0.3 is 0 Å². The number of hydrogen-bond acceptors (Lipinski definition) is 2. The summed E-state index contributed by atoms with van der Waals surface area (Å²) in [5.74, 6) is 0. The molecule has 2 heteroatoms. The minimum atomic E-state index is 0.608. The molecule has 0 bridgehead atoms. The molecule has 20 heavy (non-hydrogen) atoms. The maximum absolute atomic E-state index is 5.71. The van der Waals surface area contributed by atoms with Crippen molar-refractivity contribution in [3.05, 3.63) is 53.1 Å². The largest absolute Gasteiger partial charge is 0.372 e. The van der Waals surface area contributed by atoms with Gasteiger partial charge in [-0.15, -0.1) is 0 Å². The van der Waals surface area contributed by atoms with E-state index in [1.807, 2.05) is 0 Å². The lowest BCUT2D eigenvalue weighted by molar-refractivity contribution is 0.137. The molecule has 0 spiro atoms. The average molecular weight is 266 g/mol. The summed E-state index contributed by atoms with van der Waals surface area (Å²) in [7, 11) is 0. The Hall–Kier alpha value is -1.64. The van der Waals surface area contributed by atoms with E-state index in [0.29, 0.717) is 26.4 Å². The first kappa shape index (κ1) is 12.1. The molecule has 102 valence electrons. The van der Waals surface area contributed by atoms with Gasteiger partial charge in [-0.2, -0.15) is 0 Å². The van der Waals surface area contributed by atoms with Crippen LogP contribution in [-0.4, -0.2) is 13.2 Å². The molecule has 0 saturated heterocycles. The maximum atomic E-state index is 5.71. The van der Waals surface area contributed by atoms with Crippen molar-refractivity contribution in [3.63, 3.8) is 0 Å². The van der Waals surface area contributed by atoms with E-state index in [2.05, 4.69) is 19.7 Å². The number of ether oxygens (including phenoxy) is 2. The smallest absolute Gasteiger partial charge is 0.0733 e. The first-order valence-corrected chi connectivity index (χ1v) is 7.09. The fraction of sp³-hybridized carbons (Fsp3) is 0.333. The Morgan fingerprint density at radius 2 is 1.05 bits per heavy atom. The standard InChI is InChI=1S/C18H18O2/c1-10-4-5-13-16(10)14-8-20-7-12(3)18(14)15-9-19-6-11(2)17(13)15/h1-9H2. The van der Waals surface area contributed by atoms with Crippen LogP contribution in [-0.2, 0) is 29.1 Å². The van der Waals surface area contributed by atoms with E-state index in [0.717, 1.165) is 24.0 Å². The molecule has 0 saturated carbocycles. The second-order valence-electron chi connectivity index (χ2n) is 5.86. The average Bonchev–Trinajstić information content (AvgIpc) is 2.81. The second kappa shape index (κ2) is 4.18. The number of hydrogen-bond donors (Lipinski definition) is 0. The zero-order valence-electron chi connectivity index (χ0n) is 11.7. The third-order valence-corrected chi connectivity index (χ3v) is 4.59. The normalized spacial score (nSPS) is 20.7. The summed E-state index contributed by atoms with van der Waals surface area (Å²) in [4.78, 5) is 0. The molecule has 1 aromatic carbocycles. The minimum Gasteiger partial charge on any atom is -0.372 e. The number of fused-ring (bicyclic) bond motifs is 6. The Bertz CT molecular complexity index is 679. The molecule has 0 N–H and O–H groups in total. The van der Waals surface area contributed by atoms with Gasteiger partial charge in [0.25, 0.3) is 0 Å². The van der Waals surface area contributed by atoms with E-state index < -0.39 is 0 Å². The Morgan fingerprint density at radius 1 is 0.550 bits per heavy atom. The van der Waals surface area contributed by atoms with E-state index >= 15 is 0 Å². The molecule has 3 aliphatic rings. The number of benzene rings is 1. The predicted octanol–water partition coefficient (Wildman–Crippen LogP) is 3.73. The summed E-state index contributed by atoms with van der Waals surface area (Å²) in [5.41, 5.74) is 11.3. The van der Waals surface area contributed by atoms with Crippen LogP contribution in [0, 0.1) is 0 Å². The highest BCUT2D eigenvalue weighted by Crippen LogP contribution is 2.46. The van der Waals surface area contributed by atoms with Crippen LogP contribution in [0.1, 0.15) is 39.8 Å². The molecule has 0 atom stereocenters. The van der Waals surface area contributed by atoms with Crippen molar-refractivity contribution in [1.82, 2.24) is 0 Å². The van der Waals surface area contributed by atoms with Gasteiger partial charge in [-0.1, -0.05) is 19.7 Å². The summed E-state index contributed by atoms with van der Waals surface area (Å²) < 4.78 is 11.4. The van der Waals surface area contributed by atoms with Crippen LogP contribution in [0.3, 0.4) is 0 Å². The van der Waals surface area contributed by atoms with Gasteiger partial charge in [0.2, 0.25) is 0 Å². The molecule has 4 rings (SSSR count). The molecule has 0 unspecified atom stereocenters. The van der Waals surface area contributed by atoms with Crippen LogP contribution in [0.4, 0.5) is 0 Å². The Labute approximate surface area is 119 Å². The van der Waals surface area contributed by atoms with Crippen molar-refractivity contribution in [2.45, 2.75) is 26.1 Å². The van der Waals surface area contributed by atoms with Crippen LogP contribution in [0.2, 0.25) is 0 Å². The topological polar surface area (TPSA) is 18.5 Å². The van der Waals surface area contributed by atoms with Crippen LogP contribution in [0.25, 0.3) is 16.7 Å². The molecule has 2 nitrogen and oxygen atoms in total. The lowest BCUT2D eigenvalue weighted by Crippen LogP contribution is -2.20. The van der Waals surface area contributed by atoms with Gasteiger partial charge in [0.05, 0.1) is 26.4 Å². The lowest BCUT2D eigenvalue weighted by Gasteiger charge is -2.31. The molecule has 1 aliphatic carbocycles. The highest BCUT2D eigenvalue weighted by molar-refractivity contribution is 5.89.